The Hall–Kier alpha value is -2.63. The molecule has 6 nitrogen and oxygen atoms in total. The van der Waals surface area contributed by atoms with Gasteiger partial charge in [-0.15, -0.1) is 0 Å². The second-order valence-electron chi connectivity index (χ2n) is 9.62. The zero-order valence-corrected chi connectivity index (χ0v) is 18.3. The molecule has 0 saturated heterocycles. The second-order valence-corrected chi connectivity index (χ2v) is 9.62. The van der Waals surface area contributed by atoms with Crippen molar-refractivity contribution in [2.24, 2.45) is 23.2 Å². The van der Waals surface area contributed by atoms with Crippen molar-refractivity contribution in [2.75, 3.05) is 13.7 Å². The van der Waals surface area contributed by atoms with Crippen LogP contribution in [0.5, 0.6) is 0 Å². The van der Waals surface area contributed by atoms with E-state index in [1.54, 1.807) is 30.3 Å². The quantitative estimate of drug-likeness (QED) is 0.531. The van der Waals surface area contributed by atoms with Crippen LogP contribution in [-0.2, 0) is 19.1 Å². The molecule has 4 aliphatic rings. The summed E-state index contributed by atoms with van der Waals surface area (Å²) in [4.78, 5) is 35.8. The van der Waals surface area contributed by atoms with Gasteiger partial charge in [0.2, 0.25) is 0 Å². The number of amides is 1. The third-order valence-electron chi connectivity index (χ3n) is 7.47. The Kier molecular flexibility index (Phi) is 6.17. The number of esters is 2. The Morgan fingerprint density at radius 2 is 1.65 bits per heavy atom. The molecule has 6 heteroatoms. The van der Waals surface area contributed by atoms with Crippen LogP contribution < -0.4 is 5.32 Å². The van der Waals surface area contributed by atoms with Crippen molar-refractivity contribution < 1.29 is 23.9 Å². The molecule has 0 spiro atoms. The van der Waals surface area contributed by atoms with Crippen LogP contribution in [0.3, 0.4) is 0 Å². The zero-order valence-electron chi connectivity index (χ0n) is 18.3. The molecule has 166 valence electrons. The number of rotatable bonds is 7. The van der Waals surface area contributed by atoms with E-state index in [0.29, 0.717) is 5.56 Å². The van der Waals surface area contributed by atoms with Crippen molar-refractivity contribution in [3.05, 3.63) is 41.5 Å². The zero-order chi connectivity index (χ0) is 22.0. The summed E-state index contributed by atoms with van der Waals surface area (Å²) >= 11 is 0. The fraction of sp³-hybridized carbons (Fsp3) is 0.560. The van der Waals surface area contributed by atoms with E-state index in [4.69, 9.17) is 4.74 Å². The second kappa shape index (κ2) is 8.85. The molecule has 4 saturated carbocycles. The first kappa shape index (κ1) is 21.6. The SMILES string of the molecule is COC(=O)c1ccc(/C=C/C(=O)OCC(=O)N[C@@H](C)C23CC4CC(CC(C4)C2)C3)cc1. The van der Waals surface area contributed by atoms with Crippen LogP contribution in [0, 0.1) is 23.2 Å². The molecule has 1 atom stereocenters. The number of carbonyl (C=O) groups excluding carboxylic acids is 3. The van der Waals surface area contributed by atoms with E-state index in [2.05, 4.69) is 17.0 Å². The molecule has 0 radical (unpaired) electrons. The van der Waals surface area contributed by atoms with Gasteiger partial charge < -0.3 is 14.8 Å². The van der Waals surface area contributed by atoms with Gasteiger partial charge in [-0.1, -0.05) is 12.1 Å². The van der Waals surface area contributed by atoms with Crippen molar-refractivity contribution in [2.45, 2.75) is 51.5 Å². The third-order valence-corrected chi connectivity index (χ3v) is 7.47. The summed E-state index contributed by atoms with van der Waals surface area (Å²) in [5.74, 6) is 1.26. The van der Waals surface area contributed by atoms with Gasteiger partial charge in [0, 0.05) is 12.1 Å². The molecule has 1 aromatic carbocycles. The molecular formula is C25H31NO5. The summed E-state index contributed by atoms with van der Waals surface area (Å²) in [5.41, 5.74) is 1.40. The third kappa shape index (κ3) is 4.83. The van der Waals surface area contributed by atoms with Crippen LogP contribution in [0.25, 0.3) is 6.08 Å². The Labute approximate surface area is 183 Å². The maximum atomic E-state index is 12.4. The minimum absolute atomic E-state index is 0.107. The lowest BCUT2D eigenvalue weighted by atomic mass is 9.48. The molecule has 0 aliphatic heterocycles. The molecule has 31 heavy (non-hydrogen) atoms. The lowest BCUT2D eigenvalue weighted by Crippen LogP contribution is -2.56. The molecule has 4 fully saturated rings. The van der Waals surface area contributed by atoms with Crippen LogP contribution in [0.4, 0.5) is 0 Å². The van der Waals surface area contributed by atoms with Gasteiger partial charge in [-0.2, -0.15) is 0 Å². The minimum atomic E-state index is -0.574. The number of hydrogen-bond donors (Lipinski definition) is 1. The average Bonchev–Trinajstić information content (AvgIpc) is 2.75. The van der Waals surface area contributed by atoms with Gasteiger partial charge in [0.05, 0.1) is 12.7 Å². The Balaban J connectivity index is 1.24. The fourth-order valence-corrected chi connectivity index (χ4v) is 6.34. The first-order valence-corrected chi connectivity index (χ1v) is 11.2. The van der Waals surface area contributed by atoms with E-state index in [9.17, 15) is 14.4 Å². The summed E-state index contributed by atoms with van der Waals surface area (Å²) in [6.45, 7) is 1.84. The molecule has 4 aliphatic carbocycles. The first-order valence-electron chi connectivity index (χ1n) is 11.2. The van der Waals surface area contributed by atoms with Crippen LogP contribution in [-0.4, -0.2) is 37.6 Å². The van der Waals surface area contributed by atoms with Gasteiger partial charge in [-0.05, 0) is 92.4 Å². The summed E-state index contributed by atoms with van der Waals surface area (Å²) in [6, 6.07) is 6.76. The average molecular weight is 426 g/mol. The Morgan fingerprint density at radius 1 is 1.06 bits per heavy atom. The topological polar surface area (TPSA) is 81.7 Å². The molecule has 0 aromatic heterocycles. The first-order chi connectivity index (χ1) is 14.9. The molecular weight excluding hydrogens is 394 g/mol. The molecule has 0 unspecified atom stereocenters. The highest BCUT2D eigenvalue weighted by atomic mass is 16.5. The van der Waals surface area contributed by atoms with Crippen LogP contribution in [0.2, 0.25) is 0 Å². The highest BCUT2D eigenvalue weighted by Crippen LogP contribution is 2.61. The maximum absolute atomic E-state index is 12.4. The summed E-state index contributed by atoms with van der Waals surface area (Å²) in [5, 5.41) is 3.10. The lowest BCUT2D eigenvalue weighted by molar-refractivity contribution is -0.145. The van der Waals surface area contributed by atoms with Gasteiger partial charge in [-0.3, -0.25) is 4.79 Å². The number of nitrogens with one attached hydrogen (secondary N) is 1. The minimum Gasteiger partial charge on any atom is -0.465 e. The van der Waals surface area contributed by atoms with Crippen molar-refractivity contribution in [1.82, 2.24) is 5.32 Å². The smallest absolute Gasteiger partial charge is 0.337 e. The van der Waals surface area contributed by atoms with E-state index < -0.39 is 11.9 Å². The van der Waals surface area contributed by atoms with Crippen LogP contribution in [0.15, 0.2) is 30.3 Å². The highest BCUT2D eigenvalue weighted by Gasteiger charge is 2.53. The van der Waals surface area contributed by atoms with Gasteiger partial charge in [0.25, 0.3) is 5.91 Å². The van der Waals surface area contributed by atoms with E-state index >= 15 is 0 Å². The Morgan fingerprint density at radius 3 is 2.19 bits per heavy atom. The molecule has 0 heterocycles. The van der Waals surface area contributed by atoms with E-state index in [1.165, 1.54) is 51.7 Å². The van der Waals surface area contributed by atoms with Gasteiger partial charge in [0.1, 0.15) is 0 Å². The fourth-order valence-electron chi connectivity index (χ4n) is 6.34. The summed E-state index contributed by atoms with van der Waals surface area (Å²) in [6.07, 6.45) is 10.6. The number of hydrogen-bond acceptors (Lipinski definition) is 5. The number of ether oxygens (including phenoxy) is 2. The van der Waals surface area contributed by atoms with Crippen molar-refractivity contribution >= 4 is 23.9 Å². The molecule has 4 bridgehead atoms. The monoisotopic (exact) mass is 425 g/mol. The largest absolute Gasteiger partial charge is 0.465 e. The molecule has 1 aromatic rings. The molecule has 5 rings (SSSR count). The van der Waals surface area contributed by atoms with E-state index in [0.717, 1.165) is 23.3 Å². The van der Waals surface area contributed by atoms with E-state index in [1.807, 2.05) is 0 Å². The van der Waals surface area contributed by atoms with Crippen molar-refractivity contribution in [1.29, 1.82) is 0 Å². The summed E-state index contributed by atoms with van der Waals surface area (Å²) in [7, 11) is 1.33. The maximum Gasteiger partial charge on any atom is 0.337 e. The summed E-state index contributed by atoms with van der Waals surface area (Å²) < 4.78 is 9.77. The number of benzene rings is 1. The van der Waals surface area contributed by atoms with Gasteiger partial charge >= 0.3 is 11.9 Å². The number of carbonyl (C=O) groups is 3. The highest BCUT2D eigenvalue weighted by molar-refractivity contribution is 5.91. The predicted molar refractivity (Wildman–Crippen MR) is 116 cm³/mol. The van der Waals surface area contributed by atoms with Crippen molar-refractivity contribution in [3.8, 4) is 0 Å². The predicted octanol–water partition coefficient (Wildman–Crippen LogP) is 3.75. The normalized spacial score (nSPS) is 29.5. The van der Waals surface area contributed by atoms with Gasteiger partial charge in [-0.25, -0.2) is 9.59 Å². The Bertz CT molecular complexity index is 837. The van der Waals surface area contributed by atoms with E-state index in [-0.39, 0.29) is 24.0 Å². The standard InChI is InChI=1S/C25H31NO5/c1-16(25-12-18-9-19(13-25)11-20(10-18)14-25)26-22(27)15-31-23(28)8-5-17-3-6-21(7-4-17)24(29)30-2/h3-8,16,18-20H,9-15H2,1-2H3,(H,26,27)/b8-5+/t16-,18?,19?,20?,25?/m0/s1. The van der Waals surface area contributed by atoms with Crippen molar-refractivity contribution in [3.63, 3.8) is 0 Å². The molecule has 1 amide bonds. The van der Waals surface area contributed by atoms with Crippen LogP contribution >= 0.6 is 0 Å². The molecule has 1 N–H and O–H groups in total. The van der Waals surface area contributed by atoms with Crippen LogP contribution in [0.1, 0.15) is 61.4 Å². The number of methoxy groups -OCH3 is 1. The lowest BCUT2D eigenvalue weighted by Gasteiger charge is -2.59. The van der Waals surface area contributed by atoms with Gasteiger partial charge in [0.15, 0.2) is 6.61 Å².